The number of aromatic nitrogens is 1. The van der Waals surface area contributed by atoms with Gasteiger partial charge in [0.15, 0.2) is 0 Å². The monoisotopic (exact) mass is 305 g/mol. The maximum atomic E-state index is 12.5. The summed E-state index contributed by atoms with van der Waals surface area (Å²) in [5.41, 5.74) is 0. The molecule has 0 aliphatic rings. The minimum absolute atomic E-state index is 0.0206. The molecule has 1 aromatic rings. The van der Waals surface area contributed by atoms with Crippen LogP contribution < -0.4 is 5.32 Å². The zero-order valence-electron chi connectivity index (χ0n) is 11.6. The predicted octanol–water partition coefficient (Wildman–Crippen LogP) is 2.59. The largest absolute Gasteiger partial charge is 0.372 e. The molecule has 0 atom stereocenters. The number of hydrogen-bond donors (Lipinski definition) is 1. The van der Waals surface area contributed by atoms with E-state index in [1.54, 1.807) is 14.1 Å². The van der Waals surface area contributed by atoms with E-state index in [-0.39, 0.29) is 10.9 Å². The van der Waals surface area contributed by atoms with Crippen LogP contribution in [-0.4, -0.2) is 37.8 Å². The number of anilines is 1. The van der Waals surface area contributed by atoms with Crippen molar-refractivity contribution in [1.29, 1.82) is 0 Å². The van der Waals surface area contributed by atoms with Crippen LogP contribution in [0.1, 0.15) is 26.7 Å². The molecule has 0 bridgehead atoms. The lowest BCUT2D eigenvalue weighted by atomic mass is 10.2. The number of hydrogen-bond acceptors (Lipinski definition) is 4. The highest BCUT2D eigenvalue weighted by molar-refractivity contribution is 7.89. The fourth-order valence-corrected chi connectivity index (χ4v) is 3.71. The molecule has 0 fully saturated rings. The second-order valence-electron chi connectivity index (χ2n) is 4.24. The summed E-state index contributed by atoms with van der Waals surface area (Å²) in [5, 5.41) is 3.09. The van der Waals surface area contributed by atoms with E-state index in [4.69, 9.17) is 11.6 Å². The average Bonchev–Trinajstić information content (AvgIpc) is 2.39. The quantitative estimate of drug-likeness (QED) is 0.877. The summed E-state index contributed by atoms with van der Waals surface area (Å²) in [4.78, 5) is 4.12. The molecule has 0 amide bonds. The second kappa shape index (κ2) is 6.54. The van der Waals surface area contributed by atoms with E-state index >= 15 is 0 Å². The molecule has 0 saturated heterocycles. The molecule has 1 N–H and O–H groups in total. The van der Waals surface area contributed by atoms with Crippen molar-refractivity contribution in [3.63, 3.8) is 0 Å². The first-order valence-corrected chi connectivity index (χ1v) is 8.01. The van der Waals surface area contributed by atoms with Gasteiger partial charge in [-0.25, -0.2) is 13.4 Å². The van der Waals surface area contributed by atoms with E-state index in [1.165, 1.54) is 16.6 Å². The third-order valence-corrected chi connectivity index (χ3v) is 5.35. The molecular formula is C12H20ClN3O2S. The Morgan fingerprint density at radius 1 is 1.42 bits per heavy atom. The molecule has 0 saturated carbocycles. The van der Waals surface area contributed by atoms with Gasteiger partial charge in [0.05, 0.1) is 5.02 Å². The van der Waals surface area contributed by atoms with Crippen molar-refractivity contribution in [2.75, 3.05) is 19.4 Å². The summed E-state index contributed by atoms with van der Waals surface area (Å²) in [6.07, 6.45) is 2.86. The van der Waals surface area contributed by atoms with E-state index in [0.717, 1.165) is 12.8 Å². The summed E-state index contributed by atoms with van der Waals surface area (Å²) in [6, 6.07) is 1.40. The Kier molecular flexibility index (Phi) is 5.58. The van der Waals surface area contributed by atoms with Gasteiger partial charge >= 0.3 is 0 Å². The van der Waals surface area contributed by atoms with Crippen LogP contribution in [0.15, 0.2) is 17.2 Å². The van der Waals surface area contributed by atoms with E-state index in [1.807, 2.05) is 13.8 Å². The van der Waals surface area contributed by atoms with Gasteiger partial charge in [0.25, 0.3) is 0 Å². The number of nitrogens with one attached hydrogen (secondary N) is 1. The van der Waals surface area contributed by atoms with Gasteiger partial charge in [0.1, 0.15) is 10.7 Å². The Morgan fingerprint density at radius 2 is 2.00 bits per heavy atom. The molecular weight excluding hydrogens is 286 g/mol. The van der Waals surface area contributed by atoms with E-state index < -0.39 is 10.0 Å². The Morgan fingerprint density at radius 3 is 2.42 bits per heavy atom. The number of pyridine rings is 1. The summed E-state index contributed by atoms with van der Waals surface area (Å²) in [5.74, 6) is 0.464. The van der Waals surface area contributed by atoms with Crippen LogP contribution in [0.25, 0.3) is 0 Å². The molecule has 19 heavy (non-hydrogen) atoms. The Balaban J connectivity index is 3.16. The van der Waals surface area contributed by atoms with Gasteiger partial charge in [-0.1, -0.05) is 25.4 Å². The van der Waals surface area contributed by atoms with Crippen LogP contribution in [0.4, 0.5) is 5.82 Å². The minimum Gasteiger partial charge on any atom is -0.372 e. The van der Waals surface area contributed by atoms with Gasteiger partial charge in [-0.15, -0.1) is 0 Å². The van der Waals surface area contributed by atoms with Crippen LogP contribution in [0.2, 0.25) is 5.02 Å². The van der Waals surface area contributed by atoms with Gasteiger partial charge in [0.2, 0.25) is 10.0 Å². The van der Waals surface area contributed by atoms with Gasteiger partial charge in [-0.3, -0.25) is 0 Å². The van der Waals surface area contributed by atoms with Crippen LogP contribution >= 0.6 is 11.6 Å². The van der Waals surface area contributed by atoms with Crippen molar-refractivity contribution in [3.05, 3.63) is 17.3 Å². The molecule has 0 radical (unpaired) electrons. The molecule has 1 rings (SSSR count). The number of nitrogens with zero attached hydrogens (tertiary/aromatic N) is 2. The second-order valence-corrected chi connectivity index (χ2v) is 6.65. The average molecular weight is 306 g/mol. The smallest absolute Gasteiger partial charge is 0.244 e. The molecule has 5 nitrogen and oxygen atoms in total. The molecule has 0 spiro atoms. The Labute approximate surface area is 120 Å². The molecule has 108 valence electrons. The van der Waals surface area contributed by atoms with Gasteiger partial charge in [0, 0.05) is 26.3 Å². The number of sulfonamides is 1. The SMILES string of the molecule is CCC(CC)N(C)S(=O)(=O)c1cnc(NC)c(Cl)c1. The molecule has 0 aliphatic heterocycles. The Hall–Kier alpha value is -0.850. The lowest BCUT2D eigenvalue weighted by molar-refractivity contribution is 0.349. The number of rotatable bonds is 6. The zero-order valence-corrected chi connectivity index (χ0v) is 13.2. The van der Waals surface area contributed by atoms with Crippen LogP contribution in [0.5, 0.6) is 0 Å². The van der Waals surface area contributed by atoms with Crippen molar-refractivity contribution < 1.29 is 8.42 Å². The maximum Gasteiger partial charge on any atom is 0.244 e. The van der Waals surface area contributed by atoms with Crippen LogP contribution in [0.3, 0.4) is 0 Å². The van der Waals surface area contributed by atoms with Crippen molar-refractivity contribution in [2.45, 2.75) is 37.6 Å². The highest BCUT2D eigenvalue weighted by atomic mass is 35.5. The van der Waals surface area contributed by atoms with E-state index in [0.29, 0.717) is 10.8 Å². The first-order chi connectivity index (χ1) is 8.88. The molecule has 1 heterocycles. The Bertz CT molecular complexity index is 530. The van der Waals surface area contributed by atoms with Crippen LogP contribution in [0, 0.1) is 0 Å². The molecule has 0 unspecified atom stereocenters. The van der Waals surface area contributed by atoms with Crippen molar-refractivity contribution in [1.82, 2.24) is 9.29 Å². The summed E-state index contributed by atoms with van der Waals surface area (Å²) in [6.45, 7) is 3.94. The fraction of sp³-hybridized carbons (Fsp3) is 0.583. The summed E-state index contributed by atoms with van der Waals surface area (Å²) < 4.78 is 26.3. The minimum atomic E-state index is -3.55. The standard InChI is InChI=1S/C12H20ClN3O2S/c1-5-9(6-2)16(4)19(17,18)10-7-11(13)12(14-3)15-8-10/h7-9H,5-6H2,1-4H3,(H,14,15). The van der Waals surface area contributed by atoms with E-state index in [9.17, 15) is 8.42 Å². The molecule has 7 heteroatoms. The number of halogens is 1. The van der Waals surface area contributed by atoms with E-state index in [2.05, 4.69) is 10.3 Å². The first-order valence-electron chi connectivity index (χ1n) is 6.19. The van der Waals surface area contributed by atoms with Gasteiger partial charge < -0.3 is 5.32 Å². The van der Waals surface area contributed by atoms with Gasteiger partial charge in [-0.2, -0.15) is 4.31 Å². The lowest BCUT2D eigenvalue weighted by Gasteiger charge is -2.25. The highest BCUT2D eigenvalue weighted by Crippen LogP contribution is 2.25. The first kappa shape index (κ1) is 16.2. The fourth-order valence-electron chi connectivity index (χ4n) is 1.91. The molecule has 1 aromatic heterocycles. The molecule has 0 aromatic carbocycles. The molecule has 0 aliphatic carbocycles. The lowest BCUT2D eigenvalue weighted by Crippen LogP contribution is -2.36. The van der Waals surface area contributed by atoms with Crippen LogP contribution in [-0.2, 0) is 10.0 Å². The van der Waals surface area contributed by atoms with Gasteiger partial charge in [-0.05, 0) is 18.9 Å². The zero-order chi connectivity index (χ0) is 14.6. The van der Waals surface area contributed by atoms with Crippen molar-refractivity contribution in [3.8, 4) is 0 Å². The summed E-state index contributed by atoms with van der Waals surface area (Å²) >= 11 is 5.98. The van der Waals surface area contributed by atoms with Crippen molar-refractivity contribution >= 4 is 27.4 Å². The van der Waals surface area contributed by atoms with Crippen molar-refractivity contribution in [2.24, 2.45) is 0 Å². The third-order valence-electron chi connectivity index (χ3n) is 3.19. The topological polar surface area (TPSA) is 62.3 Å². The maximum absolute atomic E-state index is 12.5. The predicted molar refractivity (Wildman–Crippen MR) is 78.1 cm³/mol. The normalized spacial score (nSPS) is 12.2. The third kappa shape index (κ3) is 3.38. The highest BCUT2D eigenvalue weighted by Gasteiger charge is 2.26. The summed E-state index contributed by atoms with van der Waals surface area (Å²) in [7, 11) is -0.282.